The van der Waals surface area contributed by atoms with Crippen molar-refractivity contribution in [3.63, 3.8) is 0 Å². The first-order chi connectivity index (χ1) is 13.5. The molecule has 3 aromatic rings. The Morgan fingerprint density at radius 3 is 2.89 bits per heavy atom. The van der Waals surface area contributed by atoms with Gasteiger partial charge in [-0.1, -0.05) is 5.16 Å². The molecule has 0 saturated carbocycles. The number of aromatic carboxylic acids is 1. The molecule has 146 valence electrons. The maximum Gasteiger partial charge on any atom is 0.356 e. The molecule has 0 spiro atoms. The fourth-order valence-electron chi connectivity index (χ4n) is 3.69. The Kier molecular flexibility index (Phi) is 4.95. The minimum Gasteiger partial charge on any atom is -0.476 e. The van der Waals surface area contributed by atoms with Crippen LogP contribution in [0.15, 0.2) is 34.9 Å². The van der Waals surface area contributed by atoms with Crippen LogP contribution >= 0.6 is 0 Å². The van der Waals surface area contributed by atoms with Crippen molar-refractivity contribution < 1.29 is 18.8 Å². The molecule has 0 saturated heterocycles. The van der Waals surface area contributed by atoms with Gasteiger partial charge in [0.05, 0.1) is 6.54 Å². The van der Waals surface area contributed by atoms with Crippen molar-refractivity contribution in [1.82, 2.24) is 20.3 Å². The highest BCUT2D eigenvalue weighted by atomic mass is 19.1. The third kappa shape index (κ3) is 3.55. The van der Waals surface area contributed by atoms with E-state index in [4.69, 9.17) is 4.52 Å². The van der Waals surface area contributed by atoms with Crippen LogP contribution in [0.1, 0.15) is 40.9 Å². The van der Waals surface area contributed by atoms with Gasteiger partial charge >= 0.3 is 5.97 Å². The fourth-order valence-corrected chi connectivity index (χ4v) is 3.69. The molecular formula is C20H21FN4O3. The second kappa shape index (κ2) is 7.55. The number of benzene rings is 1. The van der Waals surface area contributed by atoms with Crippen LogP contribution in [0, 0.1) is 5.82 Å². The van der Waals surface area contributed by atoms with E-state index in [1.165, 1.54) is 12.1 Å². The van der Waals surface area contributed by atoms with Gasteiger partial charge in [-0.3, -0.25) is 4.68 Å². The summed E-state index contributed by atoms with van der Waals surface area (Å²) in [5.74, 6) is -0.603. The Morgan fingerprint density at radius 1 is 1.39 bits per heavy atom. The van der Waals surface area contributed by atoms with Crippen molar-refractivity contribution in [1.29, 1.82) is 0 Å². The number of halogens is 1. The number of hydrogen-bond donors (Lipinski definition) is 2. The maximum atomic E-state index is 13.0. The lowest BCUT2D eigenvalue weighted by molar-refractivity contribution is 0.0688. The van der Waals surface area contributed by atoms with E-state index in [1.807, 2.05) is 13.0 Å². The zero-order chi connectivity index (χ0) is 19.7. The summed E-state index contributed by atoms with van der Waals surface area (Å²) in [7, 11) is 0. The molecule has 0 radical (unpaired) electrons. The predicted octanol–water partition coefficient (Wildman–Crippen LogP) is 3.04. The fraction of sp³-hybridized carbons (Fsp3) is 0.350. The van der Waals surface area contributed by atoms with Crippen LogP contribution < -0.4 is 5.32 Å². The van der Waals surface area contributed by atoms with Crippen molar-refractivity contribution in [2.45, 2.75) is 45.3 Å². The second-order valence-electron chi connectivity index (χ2n) is 6.90. The van der Waals surface area contributed by atoms with Crippen molar-refractivity contribution in [3.8, 4) is 11.3 Å². The van der Waals surface area contributed by atoms with Gasteiger partial charge < -0.3 is 14.9 Å². The number of aryl methyl sites for hydroxylation is 1. The summed E-state index contributed by atoms with van der Waals surface area (Å²) in [5.41, 5.74) is 3.44. The van der Waals surface area contributed by atoms with Gasteiger partial charge in [-0.15, -0.1) is 0 Å². The van der Waals surface area contributed by atoms with Gasteiger partial charge in [0.1, 0.15) is 11.5 Å². The predicted molar refractivity (Wildman–Crippen MR) is 99.4 cm³/mol. The summed E-state index contributed by atoms with van der Waals surface area (Å²) < 4.78 is 20.2. The minimum absolute atomic E-state index is 0.138. The molecule has 0 aliphatic heterocycles. The maximum absolute atomic E-state index is 13.0. The number of fused-ring (bicyclic) bond motifs is 1. The Morgan fingerprint density at radius 2 is 2.18 bits per heavy atom. The average Bonchev–Trinajstić information content (AvgIpc) is 3.31. The van der Waals surface area contributed by atoms with E-state index in [-0.39, 0.29) is 17.6 Å². The second-order valence-corrected chi connectivity index (χ2v) is 6.90. The summed E-state index contributed by atoms with van der Waals surface area (Å²) >= 11 is 0. The van der Waals surface area contributed by atoms with Crippen LogP contribution in [0.4, 0.5) is 4.39 Å². The van der Waals surface area contributed by atoms with Gasteiger partial charge in [-0.2, -0.15) is 5.10 Å². The van der Waals surface area contributed by atoms with Crippen LogP contribution in [0.25, 0.3) is 11.3 Å². The molecule has 1 aromatic carbocycles. The lowest BCUT2D eigenvalue weighted by atomic mass is 9.91. The molecule has 28 heavy (non-hydrogen) atoms. The topological polar surface area (TPSA) is 93.2 Å². The van der Waals surface area contributed by atoms with Gasteiger partial charge in [0.2, 0.25) is 0 Å². The van der Waals surface area contributed by atoms with Crippen molar-refractivity contribution in [3.05, 3.63) is 58.9 Å². The molecule has 4 rings (SSSR count). The van der Waals surface area contributed by atoms with E-state index in [1.54, 1.807) is 16.8 Å². The Labute approximate surface area is 161 Å². The Bertz CT molecular complexity index is 994. The summed E-state index contributed by atoms with van der Waals surface area (Å²) in [6.07, 6.45) is 2.31. The van der Waals surface area contributed by atoms with Gasteiger partial charge in [-0.05, 0) is 50.5 Å². The van der Waals surface area contributed by atoms with Gasteiger partial charge in [0, 0.05) is 35.5 Å². The highest BCUT2D eigenvalue weighted by Crippen LogP contribution is 2.26. The number of carboxylic acids is 1. The highest BCUT2D eigenvalue weighted by Gasteiger charge is 2.28. The molecular weight excluding hydrogens is 363 g/mol. The normalized spacial score (nSPS) is 16.1. The smallest absolute Gasteiger partial charge is 0.356 e. The highest BCUT2D eigenvalue weighted by molar-refractivity contribution is 5.87. The lowest BCUT2D eigenvalue weighted by Gasteiger charge is -2.23. The number of carboxylic acid groups (broad SMARTS) is 1. The zero-order valence-corrected chi connectivity index (χ0v) is 15.5. The minimum atomic E-state index is -0.983. The molecule has 2 heterocycles. The summed E-state index contributed by atoms with van der Waals surface area (Å²) in [4.78, 5) is 11.5. The summed E-state index contributed by atoms with van der Waals surface area (Å²) in [5, 5.41) is 21.1. The number of nitrogens with one attached hydrogen (secondary N) is 1. The van der Waals surface area contributed by atoms with Gasteiger partial charge in [0.25, 0.3) is 0 Å². The van der Waals surface area contributed by atoms with Crippen LogP contribution in [-0.2, 0) is 25.9 Å². The van der Waals surface area contributed by atoms with Crippen molar-refractivity contribution in [2.75, 3.05) is 0 Å². The van der Waals surface area contributed by atoms with E-state index in [9.17, 15) is 14.3 Å². The standard InChI is InChI=1S/C20H21FN4O3/c1-2-25-18-8-7-14(9-16(18)19(23-25)20(26)27)22-11-15-10-17(24-28-15)12-3-5-13(21)6-4-12/h3-6,10,14,22H,2,7-9,11H2,1H3,(H,26,27). The molecule has 2 aromatic heterocycles. The van der Waals surface area contributed by atoms with Gasteiger partial charge in [0.15, 0.2) is 11.5 Å². The molecule has 0 bridgehead atoms. The molecule has 1 aliphatic rings. The van der Waals surface area contributed by atoms with E-state index < -0.39 is 5.97 Å². The third-order valence-corrected chi connectivity index (χ3v) is 5.11. The van der Waals surface area contributed by atoms with Crippen LogP contribution in [0.3, 0.4) is 0 Å². The number of rotatable bonds is 6. The first kappa shape index (κ1) is 18.4. The van der Waals surface area contributed by atoms with Gasteiger partial charge in [-0.25, -0.2) is 9.18 Å². The first-order valence-corrected chi connectivity index (χ1v) is 9.32. The molecule has 1 atom stereocenters. The summed E-state index contributed by atoms with van der Waals surface area (Å²) in [6.45, 7) is 3.11. The lowest BCUT2D eigenvalue weighted by Crippen LogP contribution is -2.34. The van der Waals surface area contributed by atoms with E-state index >= 15 is 0 Å². The summed E-state index contributed by atoms with van der Waals surface area (Å²) in [6, 6.07) is 8.06. The number of carbonyl (C=O) groups is 1. The first-order valence-electron chi connectivity index (χ1n) is 9.32. The zero-order valence-electron chi connectivity index (χ0n) is 15.5. The van der Waals surface area contributed by atoms with Crippen LogP contribution in [0.2, 0.25) is 0 Å². The third-order valence-electron chi connectivity index (χ3n) is 5.11. The van der Waals surface area contributed by atoms with E-state index in [0.29, 0.717) is 31.0 Å². The molecule has 1 unspecified atom stereocenters. The molecule has 1 aliphatic carbocycles. The number of nitrogens with zero attached hydrogens (tertiary/aromatic N) is 3. The quantitative estimate of drug-likeness (QED) is 0.679. The Hall–Kier alpha value is -3.00. The van der Waals surface area contributed by atoms with Crippen LogP contribution in [0.5, 0.6) is 0 Å². The average molecular weight is 384 g/mol. The number of aromatic nitrogens is 3. The monoisotopic (exact) mass is 384 g/mol. The Balaban J connectivity index is 1.42. The van der Waals surface area contributed by atoms with Crippen molar-refractivity contribution >= 4 is 5.97 Å². The molecule has 7 nitrogen and oxygen atoms in total. The SMILES string of the molecule is CCn1nc(C(=O)O)c2c1CCC(NCc1cc(-c3ccc(F)cc3)no1)C2. The van der Waals surface area contributed by atoms with Crippen molar-refractivity contribution in [2.24, 2.45) is 0 Å². The molecule has 8 heteroatoms. The molecule has 0 amide bonds. The number of hydrogen-bond acceptors (Lipinski definition) is 5. The van der Waals surface area contributed by atoms with E-state index in [0.717, 1.165) is 29.7 Å². The largest absolute Gasteiger partial charge is 0.476 e. The van der Waals surface area contributed by atoms with E-state index in [2.05, 4.69) is 15.6 Å². The van der Waals surface area contributed by atoms with Crippen LogP contribution in [-0.4, -0.2) is 32.1 Å². The molecule has 2 N–H and O–H groups in total. The molecule has 0 fully saturated rings.